The third-order valence-electron chi connectivity index (χ3n) is 4.06. The summed E-state index contributed by atoms with van der Waals surface area (Å²) < 4.78 is 33.3. The molecule has 2 aromatic carbocycles. The number of hydrogen-bond acceptors (Lipinski definition) is 3. The summed E-state index contributed by atoms with van der Waals surface area (Å²) in [5.74, 6) is -2.76. The van der Waals surface area contributed by atoms with E-state index in [1.54, 1.807) is 31.2 Å². The molecule has 2 atom stereocenters. The smallest absolute Gasteiger partial charge is 0.759 e. The summed E-state index contributed by atoms with van der Waals surface area (Å²) in [6.45, 7) is 2.01. The van der Waals surface area contributed by atoms with E-state index in [1.165, 1.54) is 11.5 Å². The third-order valence-corrected chi connectivity index (χ3v) is 4.31. The van der Waals surface area contributed by atoms with Crippen molar-refractivity contribution in [3.8, 4) is 0 Å². The molecular formula is C19H19ClF2KNO3. The molecule has 1 N–H and O–H groups in total. The molecule has 0 unspecified atom stereocenters. The van der Waals surface area contributed by atoms with Gasteiger partial charge >= 0.3 is 51.4 Å². The summed E-state index contributed by atoms with van der Waals surface area (Å²) >= 11 is 5.89. The maximum Gasteiger partial charge on any atom is 1.00 e. The van der Waals surface area contributed by atoms with Gasteiger partial charge in [0.2, 0.25) is 5.91 Å². The van der Waals surface area contributed by atoms with Crippen molar-refractivity contribution in [2.24, 2.45) is 0 Å². The van der Waals surface area contributed by atoms with E-state index in [1.807, 2.05) is 0 Å². The first-order chi connectivity index (χ1) is 12.4. The molecule has 0 aromatic heterocycles. The van der Waals surface area contributed by atoms with E-state index in [-0.39, 0.29) is 70.0 Å². The molecule has 27 heavy (non-hydrogen) atoms. The van der Waals surface area contributed by atoms with Crippen LogP contribution in [0.1, 0.15) is 30.4 Å². The molecule has 1 amide bonds. The molecule has 0 aliphatic carbocycles. The van der Waals surface area contributed by atoms with Crippen LogP contribution in [-0.2, 0) is 16.0 Å². The Labute approximate surface area is 204 Å². The molecule has 0 bridgehead atoms. The number of nitrogens with one attached hydrogen (secondary N) is 1. The van der Waals surface area contributed by atoms with E-state index in [0.29, 0.717) is 11.4 Å². The molecular weight excluding hydrogens is 403 g/mol. The minimum absolute atomic E-state index is 0. The Morgan fingerprint density at radius 2 is 1.89 bits per heavy atom. The van der Waals surface area contributed by atoms with Gasteiger partial charge in [-0.05, 0) is 42.7 Å². The van der Waals surface area contributed by atoms with Gasteiger partial charge in [-0.2, -0.15) is 0 Å². The maximum atomic E-state index is 14.4. The largest absolute Gasteiger partial charge is 1.00 e. The van der Waals surface area contributed by atoms with Crippen molar-refractivity contribution in [2.45, 2.75) is 31.8 Å². The van der Waals surface area contributed by atoms with Crippen molar-refractivity contribution in [1.82, 2.24) is 5.48 Å². The van der Waals surface area contributed by atoms with Crippen LogP contribution in [-0.4, -0.2) is 18.6 Å². The molecule has 0 spiro atoms. The SMILES string of the molecule is CCO[C@H](CC(=O)N[O-])[C@H](Cc1ccc(Cl)cc1)c1ccc(F)cc1F.[K+]. The second-order valence-electron chi connectivity index (χ2n) is 5.83. The number of benzene rings is 2. The van der Waals surface area contributed by atoms with Crippen LogP contribution in [0.15, 0.2) is 42.5 Å². The minimum atomic E-state index is -0.757. The number of hydroxylamine groups is 1. The number of hydrogen-bond donors (Lipinski definition) is 1. The van der Waals surface area contributed by atoms with E-state index in [2.05, 4.69) is 0 Å². The normalized spacial score (nSPS) is 12.8. The molecule has 2 aromatic rings. The van der Waals surface area contributed by atoms with Crippen LogP contribution in [0.3, 0.4) is 0 Å². The topological polar surface area (TPSA) is 61.4 Å². The molecule has 8 heteroatoms. The summed E-state index contributed by atoms with van der Waals surface area (Å²) in [4.78, 5) is 11.6. The number of amides is 1. The van der Waals surface area contributed by atoms with E-state index in [9.17, 15) is 18.8 Å². The van der Waals surface area contributed by atoms with E-state index in [0.717, 1.165) is 17.7 Å². The van der Waals surface area contributed by atoms with Gasteiger partial charge in [-0.3, -0.25) is 4.79 Å². The van der Waals surface area contributed by atoms with Crippen molar-refractivity contribution in [1.29, 1.82) is 0 Å². The van der Waals surface area contributed by atoms with Gasteiger partial charge in [0, 0.05) is 23.6 Å². The number of carbonyl (C=O) groups is 1. The molecule has 0 saturated heterocycles. The van der Waals surface area contributed by atoms with Crippen LogP contribution < -0.4 is 56.9 Å². The van der Waals surface area contributed by atoms with Gasteiger partial charge in [-0.25, -0.2) is 8.78 Å². The Bertz CT molecular complexity index is 746. The Balaban J connectivity index is 0.00000364. The fourth-order valence-corrected chi connectivity index (χ4v) is 3.00. The van der Waals surface area contributed by atoms with Crippen LogP contribution in [0.5, 0.6) is 0 Å². The summed E-state index contributed by atoms with van der Waals surface area (Å²) in [6, 6.07) is 10.3. The van der Waals surface area contributed by atoms with Gasteiger partial charge in [0.25, 0.3) is 0 Å². The van der Waals surface area contributed by atoms with Crippen LogP contribution >= 0.6 is 11.6 Å². The van der Waals surface area contributed by atoms with Crippen molar-refractivity contribution in [3.63, 3.8) is 0 Å². The molecule has 4 nitrogen and oxygen atoms in total. The Hall–Kier alpha value is -0.384. The zero-order chi connectivity index (χ0) is 19.1. The zero-order valence-corrected chi connectivity index (χ0v) is 19.1. The number of rotatable bonds is 8. The molecule has 0 fully saturated rings. The molecule has 2 rings (SSSR count). The second kappa shape index (κ2) is 12.2. The van der Waals surface area contributed by atoms with Gasteiger partial charge < -0.3 is 15.4 Å². The summed E-state index contributed by atoms with van der Waals surface area (Å²) in [7, 11) is 0. The standard InChI is InChI=1S/C19H19ClF2NO3.K/c1-2-26-18(11-19(24)23-25)16(9-12-3-5-13(20)6-4-12)15-8-7-14(21)10-17(15)22;/h3-8,10,16,18H,2,9,11H2,1H3,(H-,23,24,25);/q-1;+1/t16-,18-;/m1./s1. The van der Waals surface area contributed by atoms with E-state index >= 15 is 0 Å². The Morgan fingerprint density at radius 3 is 2.44 bits per heavy atom. The van der Waals surface area contributed by atoms with E-state index < -0.39 is 29.6 Å². The average molecular weight is 422 g/mol. The summed E-state index contributed by atoms with van der Waals surface area (Å²) in [6.07, 6.45) is -0.646. The molecule has 0 radical (unpaired) electrons. The molecule has 0 aliphatic rings. The molecule has 140 valence electrons. The van der Waals surface area contributed by atoms with Crippen LogP contribution in [0.2, 0.25) is 5.02 Å². The molecule has 0 aliphatic heterocycles. The quantitative estimate of drug-likeness (QED) is 0.517. The van der Waals surface area contributed by atoms with Crippen molar-refractivity contribution >= 4 is 17.5 Å². The summed E-state index contributed by atoms with van der Waals surface area (Å²) in [5, 5.41) is 11.2. The van der Waals surface area contributed by atoms with Gasteiger partial charge in [-0.15, -0.1) is 0 Å². The first kappa shape index (κ1) is 24.7. The first-order valence-electron chi connectivity index (χ1n) is 8.16. The van der Waals surface area contributed by atoms with Gasteiger partial charge in [0.15, 0.2) is 0 Å². The van der Waals surface area contributed by atoms with Crippen molar-refractivity contribution < 1.29 is 69.7 Å². The Morgan fingerprint density at radius 1 is 1.22 bits per heavy atom. The fourth-order valence-electron chi connectivity index (χ4n) is 2.87. The van der Waals surface area contributed by atoms with Crippen LogP contribution in [0.4, 0.5) is 8.78 Å². The van der Waals surface area contributed by atoms with Gasteiger partial charge in [-0.1, -0.05) is 29.8 Å². The number of ether oxygens (including phenoxy) is 1. The van der Waals surface area contributed by atoms with Crippen LogP contribution in [0, 0.1) is 16.8 Å². The second-order valence-corrected chi connectivity index (χ2v) is 6.26. The Kier molecular flexibility index (Phi) is 11.2. The van der Waals surface area contributed by atoms with Crippen LogP contribution in [0.25, 0.3) is 0 Å². The minimum Gasteiger partial charge on any atom is -0.759 e. The zero-order valence-electron chi connectivity index (χ0n) is 15.2. The number of halogens is 3. The average Bonchev–Trinajstić information content (AvgIpc) is 2.61. The fraction of sp³-hybridized carbons (Fsp3) is 0.316. The van der Waals surface area contributed by atoms with E-state index in [4.69, 9.17) is 16.3 Å². The summed E-state index contributed by atoms with van der Waals surface area (Å²) in [5.41, 5.74) is 2.38. The third kappa shape index (κ3) is 7.51. The monoisotopic (exact) mass is 421 g/mol. The van der Waals surface area contributed by atoms with Crippen molar-refractivity contribution in [3.05, 3.63) is 75.5 Å². The molecule has 0 heterocycles. The maximum absolute atomic E-state index is 14.4. The predicted octanol–water partition coefficient (Wildman–Crippen LogP) is 1.36. The first-order valence-corrected chi connectivity index (χ1v) is 8.54. The van der Waals surface area contributed by atoms with Gasteiger partial charge in [0.1, 0.15) is 11.6 Å². The number of carbonyl (C=O) groups excluding carboxylic acids is 1. The predicted molar refractivity (Wildman–Crippen MR) is 95.8 cm³/mol. The molecule has 0 saturated carbocycles. The van der Waals surface area contributed by atoms with Crippen molar-refractivity contribution in [2.75, 3.05) is 6.61 Å². The van der Waals surface area contributed by atoms with Gasteiger partial charge in [0.05, 0.1) is 12.5 Å².